The molecule has 1 unspecified atom stereocenters. The van der Waals surface area contributed by atoms with Crippen molar-refractivity contribution in [3.05, 3.63) is 29.3 Å². The van der Waals surface area contributed by atoms with E-state index in [1.165, 1.54) is 5.56 Å². The number of benzene rings is 1. The molecule has 2 aliphatic rings. The summed E-state index contributed by atoms with van der Waals surface area (Å²) in [5.41, 5.74) is 1.46. The zero-order chi connectivity index (χ0) is 16.0. The van der Waals surface area contributed by atoms with Gasteiger partial charge in [0, 0.05) is 5.56 Å². The van der Waals surface area contributed by atoms with Crippen LogP contribution >= 0.6 is 0 Å². The van der Waals surface area contributed by atoms with Gasteiger partial charge in [0.2, 0.25) is 0 Å². The number of hydrogen-bond acceptors (Lipinski definition) is 3. The Bertz CT molecular complexity index is 546. The molecule has 0 amide bonds. The van der Waals surface area contributed by atoms with Crippen LogP contribution in [0.1, 0.15) is 44.2 Å². The van der Waals surface area contributed by atoms with Crippen molar-refractivity contribution in [2.45, 2.75) is 45.1 Å². The fraction of sp³-hybridized carbons (Fsp3) is 0.684. The van der Waals surface area contributed by atoms with Crippen LogP contribution in [-0.4, -0.2) is 37.3 Å². The number of ether oxygens (including phenoxy) is 1. The molecule has 1 fully saturated rings. The summed E-state index contributed by atoms with van der Waals surface area (Å²) in [6.45, 7) is 6.60. The molecule has 1 aliphatic heterocycles. The minimum Gasteiger partial charge on any atom is -0.496 e. The third-order valence-electron chi connectivity index (χ3n) is 6.10. The topological polar surface area (TPSA) is 32.7 Å². The number of likely N-dealkylation sites (tertiary alicyclic amines) is 1. The molecule has 1 aliphatic carbocycles. The van der Waals surface area contributed by atoms with Crippen LogP contribution in [-0.2, 0) is 12.0 Å². The summed E-state index contributed by atoms with van der Waals surface area (Å²) in [5, 5.41) is 11.9. The van der Waals surface area contributed by atoms with Gasteiger partial charge in [-0.3, -0.25) is 0 Å². The van der Waals surface area contributed by atoms with E-state index in [4.69, 9.17) is 4.74 Å². The van der Waals surface area contributed by atoms with E-state index in [-0.39, 0.29) is 5.41 Å². The number of hydrogen-bond donors (Lipinski definition) is 1. The zero-order valence-electron chi connectivity index (χ0n) is 14.4. The molecule has 1 aromatic carbocycles. The van der Waals surface area contributed by atoms with Gasteiger partial charge in [-0.15, -0.1) is 0 Å². The Morgan fingerprint density at radius 2 is 1.91 bits per heavy atom. The Morgan fingerprint density at radius 1 is 1.23 bits per heavy atom. The van der Waals surface area contributed by atoms with Crippen LogP contribution in [0.15, 0.2) is 18.2 Å². The van der Waals surface area contributed by atoms with Gasteiger partial charge in [0.05, 0.1) is 12.7 Å². The number of methoxy groups -OCH3 is 1. The average molecular weight is 303 g/mol. The summed E-state index contributed by atoms with van der Waals surface area (Å²) in [5.74, 6) is 1.25. The smallest absolute Gasteiger partial charge is 0.122 e. The highest BCUT2D eigenvalue weighted by Crippen LogP contribution is 2.55. The molecule has 0 spiro atoms. The Labute approximate surface area is 134 Å². The van der Waals surface area contributed by atoms with Crippen molar-refractivity contribution in [3.63, 3.8) is 0 Å². The highest BCUT2D eigenvalue weighted by Gasteiger charge is 2.53. The average Bonchev–Trinajstić information content (AvgIpc) is 2.51. The lowest BCUT2D eigenvalue weighted by atomic mass is 9.56. The van der Waals surface area contributed by atoms with E-state index in [1.807, 2.05) is 12.1 Å². The van der Waals surface area contributed by atoms with E-state index >= 15 is 0 Å². The van der Waals surface area contributed by atoms with Crippen LogP contribution in [0.25, 0.3) is 0 Å². The Kier molecular flexibility index (Phi) is 3.98. The SMILES string of the molecule is COc1cccc2c1CCC(C)(C)C2(O)C1CCN(C)CC1. The summed E-state index contributed by atoms with van der Waals surface area (Å²) in [6, 6.07) is 6.17. The molecule has 1 aromatic rings. The van der Waals surface area contributed by atoms with Crippen molar-refractivity contribution in [1.82, 2.24) is 4.90 Å². The molecule has 1 N–H and O–H groups in total. The first-order valence-corrected chi connectivity index (χ1v) is 8.47. The van der Waals surface area contributed by atoms with Gasteiger partial charge >= 0.3 is 0 Å². The number of rotatable bonds is 2. The van der Waals surface area contributed by atoms with Crippen LogP contribution in [0.2, 0.25) is 0 Å². The third-order valence-corrected chi connectivity index (χ3v) is 6.10. The second-order valence-corrected chi connectivity index (χ2v) is 7.71. The number of nitrogens with zero attached hydrogens (tertiary/aromatic N) is 1. The van der Waals surface area contributed by atoms with Gasteiger partial charge in [0.1, 0.15) is 5.75 Å². The molecule has 3 nitrogen and oxygen atoms in total. The summed E-state index contributed by atoms with van der Waals surface area (Å²) < 4.78 is 5.56. The Balaban J connectivity index is 2.08. The minimum absolute atomic E-state index is 0.104. The van der Waals surface area contributed by atoms with E-state index in [1.54, 1.807) is 7.11 Å². The molecular formula is C19H29NO2. The van der Waals surface area contributed by atoms with Crippen LogP contribution in [0, 0.1) is 11.3 Å². The zero-order valence-corrected chi connectivity index (χ0v) is 14.4. The van der Waals surface area contributed by atoms with Crippen molar-refractivity contribution < 1.29 is 9.84 Å². The first-order chi connectivity index (χ1) is 10.4. The molecule has 1 saturated heterocycles. The van der Waals surface area contributed by atoms with E-state index in [0.717, 1.165) is 50.1 Å². The molecule has 0 radical (unpaired) electrons. The highest BCUT2D eigenvalue weighted by atomic mass is 16.5. The van der Waals surface area contributed by atoms with E-state index in [9.17, 15) is 5.11 Å². The van der Waals surface area contributed by atoms with Gasteiger partial charge < -0.3 is 14.7 Å². The van der Waals surface area contributed by atoms with Gasteiger partial charge in [-0.2, -0.15) is 0 Å². The molecule has 122 valence electrons. The standard InChI is InChI=1S/C19H29NO2/c1-18(2)11-8-15-16(6-5-7-17(15)22-4)19(18,21)14-9-12-20(3)13-10-14/h5-7,14,21H,8-13H2,1-4H3. The van der Waals surface area contributed by atoms with Crippen LogP contribution in [0.3, 0.4) is 0 Å². The second kappa shape index (κ2) is 5.54. The maximum absolute atomic E-state index is 11.9. The maximum atomic E-state index is 11.9. The molecule has 3 heteroatoms. The quantitative estimate of drug-likeness (QED) is 0.911. The van der Waals surface area contributed by atoms with Crippen molar-refractivity contribution in [2.24, 2.45) is 11.3 Å². The van der Waals surface area contributed by atoms with Gasteiger partial charge in [-0.1, -0.05) is 26.0 Å². The van der Waals surface area contributed by atoms with Crippen LogP contribution in [0.5, 0.6) is 5.75 Å². The van der Waals surface area contributed by atoms with E-state index in [2.05, 4.69) is 31.9 Å². The Hall–Kier alpha value is -1.06. The largest absolute Gasteiger partial charge is 0.496 e. The first-order valence-electron chi connectivity index (χ1n) is 8.47. The van der Waals surface area contributed by atoms with Crippen molar-refractivity contribution in [1.29, 1.82) is 0 Å². The van der Waals surface area contributed by atoms with Gasteiger partial charge in [0.15, 0.2) is 0 Å². The van der Waals surface area contributed by atoms with Crippen LogP contribution in [0.4, 0.5) is 0 Å². The van der Waals surface area contributed by atoms with Gasteiger partial charge in [0.25, 0.3) is 0 Å². The molecule has 3 rings (SSSR count). The lowest BCUT2D eigenvalue weighted by molar-refractivity contribution is -0.142. The summed E-state index contributed by atoms with van der Waals surface area (Å²) in [7, 11) is 3.90. The number of piperidine rings is 1. The van der Waals surface area contributed by atoms with Crippen molar-refractivity contribution in [2.75, 3.05) is 27.2 Å². The van der Waals surface area contributed by atoms with Crippen LogP contribution < -0.4 is 4.74 Å². The Morgan fingerprint density at radius 3 is 2.55 bits per heavy atom. The second-order valence-electron chi connectivity index (χ2n) is 7.71. The third kappa shape index (κ3) is 2.26. The summed E-state index contributed by atoms with van der Waals surface area (Å²) >= 11 is 0. The molecule has 1 atom stereocenters. The van der Waals surface area contributed by atoms with E-state index in [0.29, 0.717) is 5.92 Å². The predicted octanol–water partition coefficient (Wildman–Crippen LogP) is 3.20. The van der Waals surface area contributed by atoms with Crippen molar-refractivity contribution >= 4 is 0 Å². The van der Waals surface area contributed by atoms with Gasteiger partial charge in [-0.25, -0.2) is 0 Å². The molecule has 22 heavy (non-hydrogen) atoms. The molecular weight excluding hydrogens is 274 g/mol. The summed E-state index contributed by atoms with van der Waals surface area (Å²) in [4.78, 5) is 2.36. The first kappa shape index (κ1) is 15.8. The number of aliphatic hydroxyl groups is 1. The lowest BCUT2D eigenvalue weighted by Crippen LogP contribution is -2.53. The summed E-state index contributed by atoms with van der Waals surface area (Å²) in [6.07, 6.45) is 4.12. The lowest BCUT2D eigenvalue weighted by Gasteiger charge is -2.53. The monoisotopic (exact) mass is 303 g/mol. The van der Waals surface area contributed by atoms with Crippen molar-refractivity contribution in [3.8, 4) is 5.75 Å². The highest BCUT2D eigenvalue weighted by molar-refractivity contribution is 5.46. The fourth-order valence-electron chi connectivity index (χ4n) is 4.56. The normalized spacial score (nSPS) is 29.1. The predicted molar refractivity (Wildman–Crippen MR) is 89.2 cm³/mol. The minimum atomic E-state index is -0.754. The fourth-order valence-corrected chi connectivity index (χ4v) is 4.56. The van der Waals surface area contributed by atoms with Gasteiger partial charge in [-0.05, 0) is 68.8 Å². The van der Waals surface area contributed by atoms with E-state index < -0.39 is 5.60 Å². The molecule has 0 saturated carbocycles. The maximum Gasteiger partial charge on any atom is 0.122 e. The molecule has 0 bridgehead atoms. The molecule has 0 aromatic heterocycles. The number of fused-ring (bicyclic) bond motifs is 1. The molecule has 1 heterocycles.